The van der Waals surface area contributed by atoms with Gasteiger partial charge in [-0.25, -0.2) is 0 Å². The highest BCUT2D eigenvalue weighted by Crippen LogP contribution is 2.41. The second-order valence-electron chi connectivity index (χ2n) is 4.84. The molecule has 2 bridgehead atoms. The molecule has 0 spiro atoms. The van der Waals surface area contributed by atoms with Crippen molar-refractivity contribution in [3.05, 3.63) is 12.2 Å². The third-order valence-electron chi connectivity index (χ3n) is 3.86. The third kappa shape index (κ3) is 1.32. The Kier molecular flexibility index (Phi) is 1.74. The lowest BCUT2D eigenvalue weighted by atomic mass is 10.0. The summed E-state index contributed by atoms with van der Waals surface area (Å²) in [4.78, 5) is 0. The maximum absolute atomic E-state index is 8.93. The molecule has 72 valence electrons. The molecular formula is C11H17NO. The van der Waals surface area contributed by atoms with Gasteiger partial charge in [-0.2, -0.15) is 0 Å². The Balaban J connectivity index is 1.55. The molecule has 0 aromatic rings. The number of allylic oxidation sites excluding steroid dienone is 1. The molecular weight excluding hydrogens is 162 g/mol. The van der Waals surface area contributed by atoms with Crippen LogP contribution in [0.25, 0.3) is 0 Å². The van der Waals surface area contributed by atoms with Crippen LogP contribution in [0.2, 0.25) is 0 Å². The topological polar surface area (TPSA) is 32.3 Å². The Morgan fingerprint density at radius 2 is 2.08 bits per heavy atom. The second kappa shape index (κ2) is 2.82. The van der Waals surface area contributed by atoms with E-state index in [-0.39, 0.29) is 0 Å². The third-order valence-corrected chi connectivity index (χ3v) is 3.86. The summed E-state index contributed by atoms with van der Waals surface area (Å²) in [6.07, 6.45) is 8.64. The summed E-state index contributed by atoms with van der Waals surface area (Å²) in [6, 6.07) is 1.35. The minimum absolute atomic E-state index is 0.369. The van der Waals surface area contributed by atoms with Crippen molar-refractivity contribution >= 4 is 0 Å². The highest BCUT2D eigenvalue weighted by Gasteiger charge is 2.42. The van der Waals surface area contributed by atoms with Gasteiger partial charge in [0, 0.05) is 18.7 Å². The van der Waals surface area contributed by atoms with Gasteiger partial charge in [0.1, 0.15) is 0 Å². The SMILES string of the molecule is OC[C@@H]1C[C@H]1NC1C[C@@H]2C=C[C@H]1C2. The number of rotatable bonds is 3. The number of fused-ring (bicyclic) bond motifs is 2. The maximum Gasteiger partial charge on any atom is 0.0474 e. The van der Waals surface area contributed by atoms with Gasteiger partial charge in [-0.15, -0.1) is 0 Å². The Labute approximate surface area is 79.0 Å². The molecule has 1 unspecified atom stereocenters. The Hall–Kier alpha value is -0.340. The molecule has 3 aliphatic rings. The van der Waals surface area contributed by atoms with Crippen LogP contribution in [-0.2, 0) is 0 Å². The molecule has 0 heterocycles. The van der Waals surface area contributed by atoms with Crippen LogP contribution >= 0.6 is 0 Å². The zero-order chi connectivity index (χ0) is 8.84. The lowest BCUT2D eigenvalue weighted by Gasteiger charge is -2.19. The highest BCUT2D eigenvalue weighted by atomic mass is 16.3. The van der Waals surface area contributed by atoms with E-state index in [0.717, 1.165) is 17.9 Å². The van der Waals surface area contributed by atoms with E-state index >= 15 is 0 Å². The molecule has 3 rings (SSSR count). The number of nitrogens with one attached hydrogen (secondary N) is 1. The second-order valence-corrected chi connectivity index (χ2v) is 4.84. The van der Waals surface area contributed by atoms with Crippen LogP contribution in [0, 0.1) is 17.8 Å². The van der Waals surface area contributed by atoms with Gasteiger partial charge in [0.05, 0.1) is 0 Å². The van der Waals surface area contributed by atoms with Crippen molar-refractivity contribution in [1.82, 2.24) is 5.32 Å². The first-order chi connectivity index (χ1) is 6.36. The van der Waals surface area contributed by atoms with Crippen LogP contribution in [0.5, 0.6) is 0 Å². The molecule has 0 saturated heterocycles. The first-order valence-corrected chi connectivity index (χ1v) is 5.42. The van der Waals surface area contributed by atoms with Gasteiger partial charge in [-0.1, -0.05) is 12.2 Å². The lowest BCUT2D eigenvalue weighted by molar-refractivity contribution is 0.267. The molecule has 0 aliphatic heterocycles. The van der Waals surface area contributed by atoms with Crippen molar-refractivity contribution in [2.75, 3.05) is 6.61 Å². The summed E-state index contributed by atoms with van der Waals surface area (Å²) in [5, 5.41) is 12.6. The van der Waals surface area contributed by atoms with Gasteiger partial charge in [0.15, 0.2) is 0 Å². The van der Waals surface area contributed by atoms with Crippen LogP contribution < -0.4 is 5.32 Å². The smallest absolute Gasteiger partial charge is 0.0474 e. The molecule has 2 fully saturated rings. The molecule has 2 saturated carbocycles. The number of aliphatic hydroxyl groups excluding tert-OH is 1. The van der Waals surface area contributed by atoms with E-state index in [1.54, 1.807) is 0 Å². The quantitative estimate of drug-likeness (QED) is 0.631. The fourth-order valence-corrected chi connectivity index (χ4v) is 2.90. The van der Waals surface area contributed by atoms with Gasteiger partial charge in [0.2, 0.25) is 0 Å². The monoisotopic (exact) mass is 179 g/mol. The maximum atomic E-state index is 8.93. The van der Waals surface area contributed by atoms with Gasteiger partial charge in [-0.3, -0.25) is 0 Å². The van der Waals surface area contributed by atoms with Crippen molar-refractivity contribution in [3.8, 4) is 0 Å². The minimum atomic E-state index is 0.369. The van der Waals surface area contributed by atoms with Crippen molar-refractivity contribution < 1.29 is 5.11 Å². The standard InChI is InChI=1S/C11H17NO/c13-6-9-5-11(9)12-10-4-7-1-2-8(10)3-7/h1-2,7-13H,3-6H2/t7-,8+,9+,10?,11-/m1/s1. The number of hydrogen-bond acceptors (Lipinski definition) is 2. The first-order valence-electron chi connectivity index (χ1n) is 5.42. The van der Waals surface area contributed by atoms with E-state index in [4.69, 9.17) is 5.11 Å². The molecule has 2 N–H and O–H groups in total. The molecule has 13 heavy (non-hydrogen) atoms. The number of hydrogen-bond donors (Lipinski definition) is 2. The summed E-state index contributed by atoms with van der Waals surface area (Å²) >= 11 is 0. The Morgan fingerprint density at radius 3 is 2.62 bits per heavy atom. The van der Waals surface area contributed by atoms with Crippen LogP contribution in [-0.4, -0.2) is 23.8 Å². The Morgan fingerprint density at radius 1 is 1.15 bits per heavy atom. The molecule has 2 nitrogen and oxygen atoms in total. The van der Waals surface area contributed by atoms with Crippen LogP contribution in [0.1, 0.15) is 19.3 Å². The van der Waals surface area contributed by atoms with Crippen molar-refractivity contribution in [1.29, 1.82) is 0 Å². The molecule has 2 heteroatoms. The summed E-state index contributed by atoms with van der Waals surface area (Å²) in [5.74, 6) is 2.21. The Bertz CT molecular complexity index is 238. The average molecular weight is 179 g/mol. The predicted molar refractivity (Wildman–Crippen MR) is 51.3 cm³/mol. The van der Waals surface area contributed by atoms with Crippen LogP contribution in [0.3, 0.4) is 0 Å². The van der Waals surface area contributed by atoms with Crippen molar-refractivity contribution in [3.63, 3.8) is 0 Å². The minimum Gasteiger partial charge on any atom is -0.396 e. The van der Waals surface area contributed by atoms with Crippen LogP contribution in [0.15, 0.2) is 12.2 Å². The highest BCUT2D eigenvalue weighted by molar-refractivity contribution is 5.13. The van der Waals surface area contributed by atoms with E-state index in [1.165, 1.54) is 19.3 Å². The van der Waals surface area contributed by atoms with E-state index in [0.29, 0.717) is 18.6 Å². The normalized spacial score (nSPS) is 51.6. The van der Waals surface area contributed by atoms with Gasteiger partial charge in [-0.05, 0) is 37.0 Å². The lowest BCUT2D eigenvalue weighted by Crippen LogP contribution is -2.35. The first kappa shape index (κ1) is 8.01. The van der Waals surface area contributed by atoms with Gasteiger partial charge >= 0.3 is 0 Å². The summed E-state index contributed by atoms with van der Waals surface area (Å²) in [7, 11) is 0. The zero-order valence-electron chi connectivity index (χ0n) is 7.82. The summed E-state index contributed by atoms with van der Waals surface area (Å²) in [5.41, 5.74) is 0. The molecule has 0 aromatic heterocycles. The van der Waals surface area contributed by atoms with E-state index in [2.05, 4.69) is 17.5 Å². The predicted octanol–water partition coefficient (Wildman–Crippen LogP) is 0.921. The van der Waals surface area contributed by atoms with Crippen LogP contribution in [0.4, 0.5) is 0 Å². The number of aliphatic hydroxyl groups is 1. The fraction of sp³-hybridized carbons (Fsp3) is 0.818. The average Bonchev–Trinajstić information content (AvgIpc) is 2.58. The van der Waals surface area contributed by atoms with Crippen molar-refractivity contribution in [2.24, 2.45) is 17.8 Å². The van der Waals surface area contributed by atoms with Gasteiger partial charge < -0.3 is 10.4 Å². The molecule has 5 atom stereocenters. The molecule has 0 aromatic carbocycles. The van der Waals surface area contributed by atoms with E-state index in [9.17, 15) is 0 Å². The summed E-state index contributed by atoms with van der Waals surface area (Å²) < 4.78 is 0. The largest absolute Gasteiger partial charge is 0.396 e. The molecule has 0 radical (unpaired) electrons. The van der Waals surface area contributed by atoms with Gasteiger partial charge in [0.25, 0.3) is 0 Å². The van der Waals surface area contributed by atoms with Crippen molar-refractivity contribution in [2.45, 2.75) is 31.3 Å². The molecule has 3 aliphatic carbocycles. The molecule has 0 amide bonds. The summed E-state index contributed by atoms with van der Waals surface area (Å²) in [6.45, 7) is 0.369. The van der Waals surface area contributed by atoms with E-state index in [1.807, 2.05) is 0 Å². The fourth-order valence-electron chi connectivity index (χ4n) is 2.90. The zero-order valence-corrected chi connectivity index (χ0v) is 7.82. The van der Waals surface area contributed by atoms with E-state index < -0.39 is 0 Å².